The maximum atomic E-state index is 12.3. The number of carbonyl (C=O) groups is 1. The number of carbonyl (C=O) groups excluding carboxylic acids is 1. The van der Waals surface area contributed by atoms with E-state index in [1.807, 2.05) is 30.3 Å². The molecule has 3 aromatic rings. The average molecular weight is 371 g/mol. The van der Waals surface area contributed by atoms with Crippen LogP contribution < -0.4 is 0 Å². The van der Waals surface area contributed by atoms with E-state index in [0.717, 1.165) is 11.1 Å². The topological polar surface area (TPSA) is 75.2 Å². The lowest BCUT2D eigenvalue weighted by atomic mass is 9.97. The molecule has 1 heterocycles. The second-order valence-corrected chi connectivity index (χ2v) is 6.23. The van der Waals surface area contributed by atoms with Gasteiger partial charge in [0.25, 0.3) is 0 Å². The summed E-state index contributed by atoms with van der Waals surface area (Å²) in [5.74, 6) is -0.535. The molecule has 0 amide bonds. The zero-order chi connectivity index (χ0) is 18.5. The summed E-state index contributed by atoms with van der Waals surface area (Å²) in [5, 5.41) is 18.2. The smallest absolute Gasteiger partial charge is 0.359 e. The summed E-state index contributed by atoms with van der Waals surface area (Å²) in [5.41, 5.74) is 2.86. The first-order valence-corrected chi connectivity index (χ1v) is 8.71. The number of nitrogens with zero attached hydrogens (tertiary/aromatic N) is 1. The Balaban J connectivity index is 2.01. The number of rotatable bonds is 6. The van der Waals surface area contributed by atoms with Crippen molar-refractivity contribution < 1.29 is 14.6 Å². The first-order valence-electron chi connectivity index (χ1n) is 8.33. The second kappa shape index (κ2) is 8.17. The standard InChI is InChI=1S/C20H19ClN2O3/c1-2-26-20(25)19-17(14-8-10-15(21)11-9-14)18(22-23-19)16(24)12-13-6-4-3-5-7-13/h3-11,16,24H,2,12H2,1H3,(H,22,23). The zero-order valence-corrected chi connectivity index (χ0v) is 15.0. The molecule has 0 fully saturated rings. The van der Waals surface area contributed by atoms with Crippen molar-refractivity contribution in [1.82, 2.24) is 10.2 Å². The van der Waals surface area contributed by atoms with E-state index < -0.39 is 12.1 Å². The molecule has 0 aliphatic heterocycles. The Bertz CT molecular complexity index is 876. The molecule has 1 unspecified atom stereocenters. The van der Waals surface area contributed by atoms with Crippen molar-refractivity contribution in [3.63, 3.8) is 0 Å². The van der Waals surface area contributed by atoms with Crippen molar-refractivity contribution in [2.75, 3.05) is 6.61 Å². The molecule has 0 bridgehead atoms. The van der Waals surface area contributed by atoms with Crippen LogP contribution in [0.5, 0.6) is 0 Å². The summed E-state index contributed by atoms with van der Waals surface area (Å²) in [6.45, 7) is 1.98. The molecule has 2 N–H and O–H groups in total. The molecule has 0 radical (unpaired) electrons. The maximum absolute atomic E-state index is 12.3. The van der Waals surface area contributed by atoms with E-state index in [2.05, 4.69) is 10.2 Å². The molecule has 134 valence electrons. The normalized spacial score (nSPS) is 12.0. The highest BCUT2D eigenvalue weighted by Gasteiger charge is 2.25. The highest BCUT2D eigenvalue weighted by Crippen LogP contribution is 2.32. The van der Waals surface area contributed by atoms with E-state index in [9.17, 15) is 9.90 Å². The summed E-state index contributed by atoms with van der Waals surface area (Å²) in [6, 6.07) is 16.7. The minimum atomic E-state index is -0.848. The first-order chi connectivity index (χ1) is 12.6. The number of aromatic nitrogens is 2. The third-order valence-electron chi connectivity index (χ3n) is 4.00. The monoisotopic (exact) mass is 370 g/mol. The molecule has 0 spiro atoms. The maximum Gasteiger partial charge on any atom is 0.359 e. The average Bonchev–Trinajstić information content (AvgIpc) is 3.09. The van der Waals surface area contributed by atoms with Crippen LogP contribution in [0.2, 0.25) is 5.02 Å². The van der Waals surface area contributed by atoms with E-state index in [4.69, 9.17) is 16.3 Å². The van der Waals surface area contributed by atoms with E-state index in [1.165, 1.54) is 0 Å². The van der Waals surface area contributed by atoms with Gasteiger partial charge in [0, 0.05) is 17.0 Å². The van der Waals surface area contributed by atoms with Crippen LogP contribution in [0, 0.1) is 0 Å². The Hall–Kier alpha value is -2.63. The number of hydrogen-bond donors (Lipinski definition) is 2. The van der Waals surface area contributed by atoms with Crippen molar-refractivity contribution >= 4 is 17.6 Å². The molecule has 6 heteroatoms. The number of hydrogen-bond acceptors (Lipinski definition) is 4. The van der Waals surface area contributed by atoms with Gasteiger partial charge in [0.05, 0.1) is 12.3 Å². The highest BCUT2D eigenvalue weighted by atomic mass is 35.5. The minimum Gasteiger partial charge on any atom is -0.461 e. The molecule has 1 aromatic heterocycles. The largest absolute Gasteiger partial charge is 0.461 e. The SMILES string of the molecule is CCOC(=O)c1n[nH]c(C(O)Cc2ccccc2)c1-c1ccc(Cl)cc1. The Labute approximate surface area is 156 Å². The van der Waals surface area contributed by atoms with E-state index in [0.29, 0.717) is 22.7 Å². The number of benzene rings is 2. The number of nitrogens with one attached hydrogen (secondary N) is 1. The number of aromatic amines is 1. The van der Waals surface area contributed by atoms with Crippen LogP contribution in [0.15, 0.2) is 54.6 Å². The van der Waals surface area contributed by atoms with Gasteiger partial charge < -0.3 is 9.84 Å². The molecular weight excluding hydrogens is 352 g/mol. The van der Waals surface area contributed by atoms with Crippen molar-refractivity contribution in [1.29, 1.82) is 0 Å². The molecular formula is C20H19ClN2O3. The molecule has 0 saturated carbocycles. The van der Waals surface area contributed by atoms with Gasteiger partial charge in [0.15, 0.2) is 5.69 Å². The fourth-order valence-corrected chi connectivity index (χ4v) is 2.92. The number of aliphatic hydroxyl groups is 1. The zero-order valence-electron chi connectivity index (χ0n) is 14.3. The van der Waals surface area contributed by atoms with Gasteiger partial charge in [-0.05, 0) is 30.2 Å². The van der Waals surface area contributed by atoms with Crippen molar-refractivity contribution in [3.05, 3.63) is 76.6 Å². The fraction of sp³-hybridized carbons (Fsp3) is 0.200. The van der Waals surface area contributed by atoms with E-state index in [1.54, 1.807) is 31.2 Å². The third-order valence-corrected chi connectivity index (χ3v) is 4.25. The lowest BCUT2D eigenvalue weighted by molar-refractivity contribution is 0.0520. The quantitative estimate of drug-likeness (QED) is 0.638. The van der Waals surface area contributed by atoms with Gasteiger partial charge in [-0.15, -0.1) is 0 Å². The Morgan fingerprint density at radius 1 is 1.19 bits per heavy atom. The van der Waals surface area contributed by atoms with Gasteiger partial charge >= 0.3 is 5.97 Å². The summed E-state index contributed by atoms with van der Waals surface area (Å²) < 4.78 is 5.10. The Kier molecular flexibility index (Phi) is 5.71. The number of H-pyrrole nitrogens is 1. The number of esters is 1. The van der Waals surface area contributed by atoms with E-state index >= 15 is 0 Å². The molecule has 0 aliphatic carbocycles. The summed E-state index contributed by atoms with van der Waals surface area (Å²) in [6.07, 6.45) is -0.454. The first kappa shape index (κ1) is 18.2. The van der Waals surface area contributed by atoms with Crippen LogP contribution in [-0.4, -0.2) is 27.9 Å². The van der Waals surface area contributed by atoms with E-state index in [-0.39, 0.29) is 12.3 Å². The lowest BCUT2D eigenvalue weighted by Gasteiger charge is -2.12. The highest BCUT2D eigenvalue weighted by molar-refractivity contribution is 6.30. The predicted molar refractivity (Wildman–Crippen MR) is 100 cm³/mol. The van der Waals surface area contributed by atoms with Gasteiger partial charge in [-0.3, -0.25) is 5.10 Å². The number of aliphatic hydroxyl groups excluding tert-OH is 1. The summed E-state index contributed by atoms with van der Waals surface area (Å²) in [4.78, 5) is 12.3. The lowest BCUT2D eigenvalue weighted by Crippen LogP contribution is -2.08. The Morgan fingerprint density at radius 3 is 2.54 bits per heavy atom. The molecule has 0 saturated heterocycles. The van der Waals surface area contributed by atoms with Gasteiger partial charge in [-0.2, -0.15) is 5.10 Å². The minimum absolute atomic E-state index is 0.149. The third kappa shape index (κ3) is 3.95. The second-order valence-electron chi connectivity index (χ2n) is 5.79. The van der Waals surface area contributed by atoms with Crippen LogP contribution >= 0.6 is 11.6 Å². The fourth-order valence-electron chi connectivity index (χ4n) is 2.79. The van der Waals surface area contributed by atoms with Gasteiger partial charge in [-0.25, -0.2) is 4.79 Å². The van der Waals surface area contributed by atoms with Gasteiger partial charge in [0.1, 0.15) is 6.10 Å². The van der Waals surface area contributed by atoms with Crippen molar-refractivity contribution in [2.45, 2.75) is 19.4 Å². The predicted octanol–water partition coefficient (Wildman–Crippen LogP) is 4.18. The Morgan fingerprint density at radius 2 is 1.88 bits per heavy atom. The van der Waals surface area contributed by atoms with Crippen LogP contribution in [-0.2, 0) is 11.2 Å². The number of ether oxygens (including phenoxy) is 1. The van der Waals surface area contributed by atoms with Crippen molar-refractivity contribution in [3.8, 4) is 11.1 Å². The van der Waals surface area contributed by atoms with Gasteiger partial charge in [-0.1, -0.05) is 54.1 Å². The molecule has 26 heavy (non-hydrogen) atoms. The van der Waals surface area contributed by atoms with Crippen LogP contribution in [0.1, 0.15) is 34.8 Å². The molecule has 2 aromatic carbocycles. The van der Waals surface area contributed by atoms with Gasteiger partial charge in [0.2, 0.25) is 0 Å². The summed E-state index contributed by atoms with van der Waals surface area (Å²) in [7, 11) is 0. The van der Waals surface area contributed by atoms with Crippen LogP contribution in [0.3, 0.4) is 0 Å². The molecule has 5 nitrogen and oxygen atoms in total. The van der Waals surface area contributed by atoms with Crippen LogP contribution in [0.4, 0.5) is 0 Å². The molecule has 3 rings (SSSR count). The summed E-state index contributed by atoms with van der Waals surface area (Å²) >= 11 is 5.97. The van der Waals surface area contributed by atoms with Crippen LogP contribution in [0.25, 0.3) is 11.1 Å². The van der Waals surface area contributed by atoms with Crippen molar-refractivity contribution in [2.24, 2.45) is 0 Å². The molecule has 1 atom stereocenters. The molecule has 0 aliphatic rings. The number of halogens is 1.